The minimum atomic E-state index is -0.722. The van der Waals surface area contributed by atoms with Crippen LogP contribution in [0, 0.1) is 0 Å². The number of hydrogen-bond acceptors (Lipinski definition) is 2. The lowest BCUT2D eigenvalue weighted by atomic mass is 10.0. The molecule has 166 valence electrons. The van der Waals surface area contributed by atoms with Crippen LogP contribution in [0.4, 0.5) is 0 Å². The monoisotopic (exact) mass is 460 g/mol. The smallest absolute Gasteiger partial charge is 0.118 e. The van der Waals surface area contributed by atoms with Crippen molar-refractivity contribution >= 4 is 36.0 Å². The van der Waals surface area contributed by atoms with Gasteiger partial charge in [0.1, 0.15) is 5.75 Å². The number of rotatable bonds is 7. The van der Waals surface area contributed by atoms with Gasteiger partial charge in [0.05, 0.1) is 19.6 Å². The quantitative estimate of drug-likeness (QED) is 0.247. The van der Waals surface area contributed by atoms with E-state index in [9.17, 15) is 0 Å². The van der Waals surface area contributed by atoms with Gasteiger partial charge in [-0.3, -0.25) is 0 Å². The van der Waals surface area contributed by atoms with Crippen molar-refractivity contribution in [2.75, 3.05) is 7.11 Å². The van der Waals surface area contributed by atoms with Crippen molar-refractivity contribution in [3.05, 3.63) is 133 Å². The second-order valence-corrected chi connectivity index (χ2v) is 10.1. The number of benzene rings is 4. The molecule has 0 saturated carbocycles. The van der Waals surface area contributed by atoms with E-state index in [2.05, 4.69) is 97.1 Å². The van der Waals surface area contributed by atoms with Crippen molar-refractivity contribution in [2.45, 2.75) is 0 Å². The fourth-order valence-electron chi connectivity index (χ4n) is 4.03. The molecule has 5 rings (SSSR count). The summed E-state index contributed by atoms with van der Waals surface area (Å²) in [5, 5.41) is 3.97. The molecular formula is C31H25O2P. The highest BCUT2D eigenvalue weighted by Gasteiger charge is 2.21. The predicted octanol–water partition coefficient (Wildman–Crippen LogP) is 6.88. The molecule has 0 N–H and O–H groups in total. The van der Waals surface area contributed by atoms with Gasteiger partial charge < -0.3 is 9.15 Å². The maximum absolute atomic E-state index is 5.71. The van der Waals surface area contributed by atoms with Gasteiger partial charge in [0.15, 0.2) is 0 Å². The van der Waals surface area contributed by atoms with E-state index in [1.165, 1.54) is 21.5 Å². The van der Waals surface area contributed by atoms with Crippen LogP contribution in [0.3, 0.4) is 0 Å². The number of methoxy groups -OCH3 is 1. The maximum Gasteiger partial charge on any atom is 0.118 e. The molecular weight excluding hydrogens is 435 g/mol. The predicted molar refractivity (Wildman–Crippen MR) is 145 cm³/mol. The third-order valence-electron chi connectivity index (χ3n) is 5.73. The molecule has 0 aliphatic heterocycles. The number of ether oxygens (including phenoxy) is 1. The van der Waals surface area contributed by atoms with Crippen molar-refractivity contribution < 1.29 is 9.15 Å². The van der Waals surface area contributed by atoms with Gasteiger partial charge in [-0.1, -0.05) is 109 Å². The second-order valence-electron chi connectivity index (χ2n) is 7.87. The molecule has 0 aliphatic carbocycles. The third kappa shape index (κ3) is 4.73. The molecule has 3 heteroatoms. The zero-order valence-corrected chi connectivity index (χ0v) is 19.9. The Kier molecular flexibility index (Phi) is 6.70. The molecule has 1 aromatic heterocycles. The van der Waals surface area contributed by atoms with Crippen LogP contribution in [0.25, 0.3) is 23.3 Å². The molecule has 0 spiro atoms. The molecule has 34 heavy (non-hydrogen) atoms. The highest BCUT2D eigenvalue weighted by molar-refractivity contribution is 7.80. The largest absolute Gasteiger partial charge is 0.497 e. The number of hydrogen-bond donors (Lipinski definition) is 0. The van der Waals surface area contributed by atoms with Crippen LogP contribution in [-0.4, -0.2) is 7.11 Å². The van der Waals surface area contributed by atoms with Crippen molar-refractivity contribution in [1.29, 1.82) is 0 Å². The van der Waals surface area contributed by atoms with Gasteiger partial charge in [0.25, 0.3) is 0 Å². The molecule has 0 atom stereocenters. The van der Waals surface area contributed by atoms with Crippen LogP contribution in [0.5, 0.6) is 5.75 Å². The first kappa shape index (κ1) is 21.9. The molecule has 0 amide bonds. The summed E-state index contributed by atoms with van der Waals surface area (Å²) in [6.45, 7) is 0. The molecule has 4 aromatic carbocycles. The Morgan fingerprint density at radius 3 is 1.88 bits per heavy atom. The average Bonchev–Trinajstić information content (AvgIpc) is 3.38. The Bertz CT molecular complexity index is 1330. The van der Waals surface area contributed by atoms with Crippen LogP contribution < -0.4 is 20.7 Å². The van der Waals surface area contributed by atoms with Crippen molar-refractivity contribution in [3.63, 3.8) is 0 Å². The molecule has 0 fully saturated rings. The number of furan rings is 1. The molecule has 0 radical (unpaired) electrons. The molecule has 0 saturated heterocycles. The molecule has 0 unspecified atom stereocenters. The van der Waals surface area contributed by atoms with Gasteiger partial charge >= 0.3 is 0 Å². The summed E-state index contributed by atoms with van der Waals surface area (Å²) in [6, 6.07) is 38.3. The first-order valence-electron chi connectivity index (χ1n) is 11.2. The van der Waals surface area contributed by atoms with Crippen molar-refractivity contribution in [1.82, 2.24) is 0 Å². The summed E-state index contributed by atoms with van der Waals surface area (Å²) in [5.41, 5.74) is 4.46. The molecule has 5 aromatic rings. The SMILES string of the molecule is COc1ccc(/C=C/c2cocc2-c2ccccc2P(c2ccccc2)c2ccccc2)cc1. The first-order chi connectivity index (χ1) is 16.8. The van der Waals surface area contributed by atoms with E-state index < -0.39 is 7.92 Å². The van der Waals surface area contributed by atoms with Crippen LogP contribution in [0.15, 0.2) is 126 Å². The summed E-state index contributed by atoms with van der Waals surface area (Å²) in [7, 11) is 0.958. The molecule has 2 nitrogen and oxygen atoms in total. The van der Waals surface area contributed by atoms with Crippen LogP contribution in [0.2, 0.25) is 0 Å². The summed E-state index contributed by atoms with van der Waals surface area (Å²) in [5.74, 6) is 0.852. The Balaban J connectivity index is 1.57. The van der Waals surface area contributed by atoms with E-state index in [1.807, 2.05) is 36.8 Å². The van der Waals surface area contributed by atoms with Gasteiger partial charge in [-0.15, -0.1) is 0 Å². The average molecular weight is 461 g/mol. The minimum absolute atomic E-state index is 0.722. The lowest BCUT2D eigenvalue weighted by Crippen LogP contribution is -2.22. The summed E-state index contributed by atoms with van der Waals surface area (Å²) in [6.07, 6.45) is 7.90. The van der Waals surface area contributed by atoms with Gasteiger partial charge in [-0.2, -0.15) is 0 Å². The van der Waals surface area contributed by atoms with E-state index in [0.717, 1.165) is 22.4 Å². The van der Waals surface area contributed by atoms with Crippen molar-refractivity contribution in [3.8, 4) is 16.9 Å². The lowest BCUT2D eigenvalue weighted by molar-refractivity contribution is 0.415. The highest BCUT2D eigenvalue weighted by atomic mass is 31.1. The Hall–Kier alpha value is -3.87. The minimum Gasteiger partial charge on any atom is -0.497 e. The topological polar surface area (TPSA) is 22.4 Å². The summed E-state index contributed by atoms with van der Waals surface area (Å²) >= 11 is 0. The van der Waals surface area contributed by atoms with E-state index in [4.69, 9.17) is 9.15 Å². The van der Waals surface area contributed by atoms with Gasteiger partial charge in [-0.05, 0) is 47.1 Å². The van der Waals surface area contributed by atoms with Gasteiger partial charge in [0.2, 0.25) is 0 Å². The summed E-state index contributed by atoms with van der Waals surface area (Å²) < 4.78 is 11.0. The summed E-state index contributed by atoms with van der Waals surface area (Å²) in [4.78, 5) is 0. The normalized spacial score (nSPS) is 11.2. The van der Waals surface area contributed by atoms with Gasteiger partial charge in [0, 0.05) is 11.1 Å². The Labute approximate surface area is 201 Å². The molecule has 0 bridgehead atoms. The van der Waals surface area contributed by atoms with E-state index >= 15 is 0 Å². The fraction of sp³-hybridized carbons (Fsp3) is 0.0323. The maximum atomic E-state index is 5.71. The first-order valence-corrected chi connectivity index (χ1v) is 12.6. The van der Waals surface area contributed by atoms with Crippen molar-refractivity contribution in [2.24, 2.45) is 0 Å². The van der Waals surface area contributed by atoms with Crippen LogP contribution in [-0.2, 0) is 0 Å². The van der Waals surface area contributed by atoms with Gasteiger partial charge in [-0.25, -0.2) is 0 Å². The van der Waals surface area contributed by atoms with E-state index in [1.54, 1.807) is 7.11 Å². The van der Waals surface area contributed by atoms with Crippen LogP contribution >= 0.6 is 7.92 Å². The Morgan fingerprint density at radius 1 is 0.618 bits per heavy atom. The second kappa shape index (κ2) is 10.4. The zero-order valence-electron chi connectivity index (χ0n) is 19.0. The lowest BCUT2D eigenvalue weighted by Gasteiger charge is -2.22. The molecule has 1 heterocycles. The van der Waals surface area contributed by atoms with Crippen LogP contribution in [0.1, 0.15) is 11.1 Å². The standard InChI is InChI=1S/C31H25O2P/c1-32-26-20-17-24(18-21-26)16-19-25-22-33-23-30(25)29-14-8-9-15-31(29)34(27-10-4-2-5-11-27)28-12-6-3-7-13-28/h2-23H,1H3/b19-16+. The zero-order chi connectivity index (χ0) is 23.2. The van der Waals surface area contributed by atoms with E-state index in [-0.39, 0.29) is 0 Å². The Morgan fingerprint density at radius 2 is 1.24 bits per heavy atom. The fourth-order valence-corrected chi connectivity index (χ4v) is 6.50. The highest BCUT2D eigenvalue weighted by Crippen LogP contribution is 2.38. The molecule has 0 aliphatic rings. The van der Waals surface area contributed by atoms with E-state index in [0.29, 0.717) is 0 Å². The third-order valence-corrected chi connectivity index (χ3v) is 8.23.